The maximum Gasteiger partial charge on any atom is 0.408 e. The number of sulfonamides is 1. The molecule has 1 aromatic carbocycles. The van der Waals surface area contributed by atoms with E-state index in [1.54, 1.807) is 44.2 Å². The van der Waals surface area contributed by atoms with Gasteiger partial charge in [-0.05, 0) is 71.3 Å². The summed E-state index contributed by atoms with van der Waals surface area (Å²) in [4.78, 5) is 63.5. The van der Waals surface area contributed by atoms with E-state index in [1.165, 1.54) is 9.80 Å². The first kappa shape index (κ1) is 38.5. The van der Waals surface area contributed by atoms with Gasteiger partial charge in [-0.25, -0.2) is 27.0 Å². The molecule has 4 fully saturated rings. The highest BCUT2D eigenvalue weighted by Crippen LogP contribution is 2.54. The molecule has 6 aliphatic rings. The van der Waals surface area contributed by atoms with E-state index in [9.17, 15) is 27.9 Å². The maximum atomic E-state index is 16.7. The molecule has 2 aromatic rings. The summed E-state index contributed by atoms with van der Waals surface area (Å²) >= 11 is 0. The number of allylic oxidation sites excluding steroid dienone is 1. The van der Waals surface area contributed by atoms with Crippen LogP contribution in [-0.4, -0.2) is 92.7 Å². The summed E-state index contributed by atoms with van der Waals surface area (Å²) in [5.41, 5.74) is -3.20. The monoisotopic (exact) mass is 797 g/mol. The lowest BCUT2D eigenvalue weighted by Gasteiger charge is -2.41. The molecule has 3 N–H and O–H groups in total. The number of carboxylic acid groups (broad SMARTS) is 1. The third kappa shape index (κ3) is 6.58. The number of pyridine rings is 1. The van der Waals surface area contributed by atoms with Gasteiger partial charge in [-0.15, -0.1) is 0 Å². The van der Waals surface area contributed by atoms with E-state index in [-0.39, 0.29) is 41.7 Å². The van der Waals surface area contributed by atoms with Crippen molar-refractivity contribution < 1.29 is 46.2 Å². The lowest BCUT2D eigenvalue weighted by molar-refractivity contribution is -0.144. The van der Waals surface area contributed by atoms with Gasteiger partial charge in [-0.2, -0.15) is 0 Å². The number of para-hydroxylation sites is 1. The molecule has 4 amide bonds. The summed E-state index contributed by atoms with van der Waals surface area (Å²) in [5.74, 6) is -6.59. The van der Waals surface area contributed by atoms with Gasteiger partial charge in [0.05, 0.1) is 34.5 Å². The quantitative estimate of drug-likeness (QED) is 0.333. The van der Waals surface area contributed by atoms with Gasteiger partial charge in [0.2, 0.25) is 21.8 Å². The average Bonchev–Trinajstić information content (AvgIpc) is 3.92. The van der Waals surface area contributed by atoms with Crippen molar-refractivity contribution >= 4 is 44.7 Å². The van der Waals surface area contributed by atoms with Crippen molar-refractivity contribution in [2.24, 2.45) is 5.92 Å². The Hall–Kier alpha value is -4.34. The minimum Gasteiger partial charge on any atom is -0.483 e. The number of rotatable bonds is 5. The second kappa shape index (κ2) is 13.7. The SMILES string of the molecule is Cc1nc2ccccc2c2c1O[C@@]1(C[C@H]3C(=O)N[C@]4(C(=O)NS(=O)(=O)C5(C)CC5)C[C@H]4/C=C\CCCCC[C@H](N(C(=O)O)C4CCCC4)C(=O)N3C1)CC2(F)F. The standard InChI is InChI=1S/C40H49F2N5O8S/c1-24-32-31(27-15-10-11-16-28(27)43-24)40(41,42)22-38(55-32)21-30-33(48)44-39(35(50)45-56(53,54)37(2)18-19-37)20-25(39)12-6-4-3-5-7-17-29(34(49)46(30)23-38)47(36(51)52)26-13-8-9-14-26/h6,10-12,15-16,25-26,29-30H,3-5,7-9,13-14,17-23H2,1-2H3,(H,44,48)(H,45,50)(H,51,52)/b12-6-/t25-,29+,30+,38+,39-/m1/s1. The number of nitrogens with one attached hydrogen (secondary N) is 2. The molecule has 0 bridgehead atoms. The number of hydrogen-bond acceptors (Lipinski definition) is 8. The van der Waals surface area contributed by atoms with Crippen LogP contribution in [0.3, 0.4) is 0 Å². The maximum absolute atomic E-state index is 16.7. The van der Waals surface area contributed by atoms with Gasteiger partial charge in [0, 0.05) is 23.8 Å². The highest BCUT2D eigenvalue weighted by Gasteiger charge is 2.65. The second-order valence-electron chi connectivity index (χ2n) is 17.1. The highest BCUT2D eigenvalue weighted by atomic mass is 32.2. The minimum atomic E-state index is -4.08. The molecule has 1 saturated heterocycles. The molecule has 3 saturated carbocycles. The number of nitrogens with zero attached hydrogens (tertiary/aromatic N) is 3. The number of benzene rings is 1. The normalized spacial score (nSPS) is 31.9. The molecule has 3 aliphatic carbocycles. The average molecular weight is 798 g/mol. The molecule has 3 aliphatic heterocycles. The third-order valence-corrected chi connectivity index (χ3v) is 15.3. The Labute approximate surface area is 324 Å². The van der Waals surface area contributed by atoms with Crippen molar-refractivity contribution in [2.45, 2.75) is 144 Å². The summed E-state index contributed by atoms with van der Waals surface area (Å²) in [7, 11) is -4.08. The van der Waals surface area contributed by atoms with E-state index in [1.807, 2.05) is 6.08 Å². The zero-order valence-corrected chi connectivity index (χ0v) is 32.5. The fourth-order valence-corrected chi connectivity index (χ4v) is 10.9. The lowest BCUT2D eigenvalue weighted by Crippen LogP contribution is -2.59. The summed E-state index contributed by atoms with van der Waals surface area (Å²) in [6.45, 7) is 2.66. The minimum absolute atomic E-state index is 0.0934. The third-order valence-electron chi connectivity index (χ3n) is 13.1. The molecular weight excluding hydrogens is 749 g/mol. The first-order chi connectivity index (χ1) is 26.5. The van der Waals surface area contributed by atoms with Gasteiger partial charge in [-0.3, -0.25) is 24.0 Å². The number of amides is 4. The smallest absolute Gasteiger partial charge is 0.408 e. The van der Waals surface area contributed by atoms with Crippen molar-refractivity contribution in [1.82, 2.24) is 24.8 Å². The zero-order valence-electron chi connectivity index (χ0n) is 31.7. The molecule has 4 heterocycles. The number of hydrogen-bond donors (Lipinski definition) is 3. The van der Waals surface area contributed by atoms with Gasteiger partial charge < -0.3 is 20.1 Å². The van der Waals surface area contributed by atoms with Crippen LogP contribution in [-0.2, 0) is 30.3 Å². The molecule has 56 heavy (non-hydrogen) atoms. The van der Waals surface area contributed by atoms with E-state index in [2.05, 4.69) is 15.0 Å². The fourth-order valence-electron chi connectivity index (χ4n) is 9.57. The molecule has 13 nitrogen and oxygen atoms in total. The molecule has 0 unspecified atom stereocenters. The van der Waals surface area contributed by atoms with Crippen LogP contribution < -0.4 is 14.8 Å². The number of carbonyl (C=O) groups is 4. The highest BCUT2D eigenvalue weighted by molar-refractivity contribution is 7.91. The van der Waals surface area contributed by atoms with Crippen molar-refractivity contribution in [3.8, 4) is 5.75 Å². The topological polar surface area (TPSA) is 175 Å². The Morgan fingerprint density at radius 2 is 1.77 bits per heavy atom. The largest absolute Gasteiger partial charge is 0.483 e. The number of alkyl halides is 2. The van der Waals surface area contributed by atoms with Crippen LogP contribution in [0.2, 0.25) is 0 Å². The van der Waals surface area contributed by atoms with Crippen molar-refractivity contribution in [3.63, 3.8) is 0 Å². The van der Waals surface area contributed by atoms with Gasteiger partial charge in [-0.1, -0.05) is 56.0 Å². The summed E-state index contributed by atoms with van der Waals surface area (Å²) in [6.07, 6.45) is 7.41. The van der Waals surface area contributed by atoms with E-state index in [0.717, 1.165) is 12.8 Å². The van der Waals surface area contributed by atoms with Crippen molar-refractivity contribution in [3.05, 3.63) is 47.7 Å². The molecule has 0 radical (unpaired) electrons. The molecular formula is C40H49F2N5O8S. The molecule has 16 heteroatoms. The van der Waals surface area contributed by atoms with E-state index < -0.39 is 92.7 Å². The Bertz CT molecular complexity index is 2120. The molecule has 1 spiro atoms. The fraction of sp³-hybridized carbons (Fsp3) is 0.625. The van der Waals surface area contributed by atoms with E-state index in [0.29, 0.717) is 56.9 Å². The lowest BCUT2D eigenvalue weighted by atomic mass is 9.84. The van der Waals surface area contributed by atoms with Crippen LogP contribution in [0.5, 0.6) is 5.75 Å². The Balaban J connectivity index is 1.20. The van der Waals surface area contributed by atoms with Crippen LogP contribution in [0.1, 0.15) is 108 Å². The van der Waals surface area contributed by atoms with Gasteiger partial charge in [0.25, 0.3) is 11.8 Å². The predicted molar refractivity (Wildman–Crippen MR) is 200 cm³/mol. The predicted octanol–water partition coefficient (Wildman–Crippen LogP) is 5.44. The van der Waals surface area contributed by atoms with Crippen LogP contribution in [0, 0.1) is 12.8 Å². The van der Waals surface area contributed by atoms with E-state index >= 15 is 13.6 Å². The summed E-state index contributed by atoms with van der Waals surface area (Å²) in [5, 5.41) is 13.6. The van der Waals surface area contributed by atoms with Crippen molar-refractivity contribution in [2.75, 3.05) is 6.54 Å². The van der Waals surface area contributed by atoms with Gasteiger partial charge >= 0.3 is 6.09 Å². The van der Waals surface area contributed by atoms with Crippen LogP contribution in [0.4, 0.5) is 13.6 Å². The van der Waals surface area contributed by atoms with Crippen LogP contribution >= 0.6 is 0 Å². The first-order valence-electron chi connectivity index (χ1n) is 19.8. The van der Waals surface area contributed by atoms with Crippen LogP contribution in [0.25, 0.3) is 10.9 Å². The molecule has 1 aromatic heterocycles. The first-order valence-corrected chi connectivity index (χ1v) is 21.3. The van der Waals surface area contributed by atoms with Crippen molar-refractivity contribution in [1.29, 1.82) is 0 Å². The number of ether oxygens (including phenoxy) is 1. The number of aryl methyl sites for hydroxylation is 1. The Kier molecular flexibility index (Phi) is 9.39. The Morgan fingerprint density at radius 3 is 2.48 bits per heavy atom. The number of aromatic nitrogens is 1. The summed E-state index contributed by atoms with van der Waals surface area (Å²) < 4.78 is 67.5. The van der Waals surface area contributed by atoms with Gasteiger partial charge in [0.1, 0.15) is 23.2 Å². The number of fused-ring (bicyclic) bond motifs is 5. The molecule has 5 atom stereocenters. The zero-order chi connectivity index (χ0) is 39.8. The van der Waals surface area contributed by atoms with Crippen LogP contribution in [0.15, 0.2) is 36.4 Å². The van der Waals surface area contributed by atoms with E-state index in [4.69, 9.17) is 4.74 Å². The molecule has 8 rings (SSSR count). The number of halogens is 2. The number of carbonyl (C=O) groups excluding carboxylic acids is 3. The second-order valence-corrected chi connectivity index (χ2v) is 19.3. The summed E-state index contributed by atoms with van der Waals surface area (Å²) in [6, 6.07) is 3.46. The Morgan fingerprint density at radius 1 is 1.05 bits per heavy atom. The molecule has 302 valence electrons. The van der Waals surface area contributed by atoms with Gasteiger partial charge in [0.15, 0.2) is 5.75 Å².